The Morgan fingerprint density at radius 3 is 2.68 bits per heavy atom. The molecule has 1 aliphatic heterocycles. The third kappa shape index (κ3) is 3.89. The van der Waals surface area contributed by atoms with Gasteiger partial charge in [0.05, 0.1) is 0 Å². The van der Waals surface area contributed by atoms with E-state index in [1.165, 1.54) is 11.1 Å². The molecule has 1 atom stereocenters. The van der Waals surface area contributed by atoms with E-state index in [0.717, 1.165) is 31.8 Å². The molecular formula is C20H25NO. The molecule has 0 aromatic heterocycles. The predicted molar refractivity (Wildman–Crippen MR) is 91.3 cm³/mol. The van der Waals surface area contributed by atoms with Gasteiger partial charge in [-0.3, -0.25) is 4.90 Å². The Balaban J connectivity index is 1.56. The van der Waals surface area contributed by atoms with Crippen LogP contribution in [0.3, 0.4) is 0 Å². The average molecular weight is 295 g/mol. The van der Waals surface area contributed by atoms with Crippen LogP contribution in [0.25, 0.3) is 0 Å². The van der Waals surface area contributed by atoms with Crippen molar-refractivity contribution in [1.82, 2.24) is 4.90 Å². The van der Waals surface area contributed by atoms with E-state index >= 15 is 0 Å². The van der Waals surface area contributed by atoms with Crippen molar-refractivity contribution in [2.75, 3.05) is 13.1 Å². The lowest BCUT2D eigenvalue weighted by Crippen LogP contribution is -2.24. The summed E-state index contributed by atoms with van der Waals surface area (Å²) in [6, 6.07) is 19.2. The second-order valence-corrected chi connectivity index (χ2v) is 6.48. The van der Waals surface area contributed by atoms with E-state index in [0.29, 0.717) is 12.0 Å². The Morgan fingerprint density at radius 2 is 1.91 bits per heavy atom. The number of hydrogen-bond donors (Lipinski definition) is 0. The van der Waals surface area contributed by atoms with Crippen LogP contribution in [0.1, 0.15) is 37.3 Å². The first-order valence-corrected chi connectivity index (χ1v) is 8.23. The van der Waals surface area contributed by atoms with Gasteiger partial charge in [-0.05, 0) is 35.6 Å². The minimum atomic E-state index is 0.311. The van der Waals surface area contributed by atoms with Crippen molar-refractivity contribution < 1.29 is 4.74 Å². The van der Waals surface area contributed by atoms with Gasteiger partial charge >= 0.3 is 0 Å². The van der Waals surface area contributed by atoms with Crippen molar-refractivity contribution in [2.24, 2.45) is 0 Å². The molecular weight excluding hydrogens is 270 g/mol. The van der Waals surface area contributed by atoms with Crippen LogP contribution in [0.4, 0.5) is 0 Å². The summed E-state index contributed by atoms with van der Waals surface area (Å²) >= 11 is 0. The summed E-state index contributed by atoms with van der Waals surface area (Å²) in [6.07, 6.45) is 1.42. The highest BCUT2D eigenvalue weighted by atomic mass is 16.5. The third-order valence-electron chi connectivity index (χ3n) is 4.31. The van der Waals surface area contributed by atoms with Gasteiger partial charge in [-0.2, -0.15) is 0 Å². The van der Waals surface area contributed by atoms with E-state index < -0.39 is 0 Å². The maximum atomic E-state index is 6.19. The van der Waals surface area contributed by atoms with Crippen LogP contribution < -0.4 is 4.74 Å². The van der Waals surface area contributed by atoms with Crippen molar-refractivity contribution in [2.45, 2.75) is 38.8 Å². The molecule has 1 unspecified atom stereocenters. The standard InChI is InChI=1S/C20H25NO/c1-16(2)18-9-6-10-19(13-18)22-20-11-12-21(15-20)14-17-7-4-3-5-8-17/h3-10,13,16,20H,11-12,14-15H2,1-2H3. The molecule has 3 rings (SSSR count). The van der Waals surface area contributed by atoms with Crippen LogP contribution in [-0.2, 0) is 6.54 Å². The fourth-order valence-corrected chi connectivity index (χ4v) is 3.02. The zero-order valence-electron chi connectivity index (χ0n) is 13.5. The molecule has 2 aromatic rings. The molecule has 0 bridgehead atoms. The molecule has 1 heterocycles. The van der Waals surface area contributed by atoms with Crippen LogP contribution in [0, 0.1) is 0 Å². The van der Waals surface area contributed by atoms with E-state index in [-0.39, 0.29) is 0 Å². The summed E-state index contributed by atoms with van der Waals surface area (Å²) in [5.74, 6) is 1.56. The van der Waals surface area contributed by atoms with Crippen molar-refractivity contribution in [1.29, 1.82) is 0 Å². The van der Waals surface area contributed by atoms with Crippen LogP contribution in [0.2, 0.25) is 0 Å². The monoisotopic (exact) mass is 295 g/mol. The maximum absolute atomic E-state index is 6.19. The van der Waals surface area contributed by atoms with Gasteiger partial charge < -0.3 is 4.74 Å². The van der Waals surface area contributed by atoms with Gasteiger partial charge in [-0.1, -0.05) is 56.3 Å². The molecule has 22 heavy (non-hydrogen) atoms. The zero-order chi connectivity index (χ0) is 15.4. The molecule has 0 spiro atoms. The van der Waals surface area contributed by atoms with Crippen molar-refractivity contribution in [3.05, 3.63) is 65.7 Å². The van der Waals surface area contributed by atoms with Crippen molar-refractivity contribution >= 4 is 0 Å². The Kier molecular flexibility index (Phi) is 4.79. The smallest absolute Gasteiger partial charge is 0.120 e. The van der Waals surface area contributed by atoms with Crippen LogP contribution in [0.15, 0.2) is 54.6 Å². The van der Waals surface area contributed by atoms with E-state index in [1.807, 2.05) is 0 Å². The van der Waals surface area contributed by atoms with Crippen LogP contribution in [0.5, 0.6) is 5.75 Å². The molecule has 1 aliphatic rings. The third-order valence-corrected chi connectivity index (χ3v) is 4.31. The van der Waals surface area contributed by atoms with E-state index in [9.17, 15) is 0 Å². The molecule has 2 heteroatoms. The molecule has 1 fully saturated rings. The van der Waals surface area contributed by atoms with Gasteiger partial charge in [0, 0.05) is 19.6 Å². The Hall–Kier alpha value is -1.80. The first-order valence-electron chi connectivity index (χ1n) is 8.23. The fraction of sp³-hybridized carbons (Fsp3) is 0.400. The minimum absolute atomic E-state index is 0.311. The van der Waals surface area contributed by atoms with Crippen LogP contribution in [-0.4, -0.2) is 24.1 Å². The molecule has 0 radical (unpaired) electrons. The number of benzene rings is 2. The molecule has 1 saturated heterocycles. The van der Waals surface area contributed by atoms with Gasteiger partial charge in [0.25, 0.3) is 0 Å². The van der Waals surface area contributed by atoms with Crippen LogP contribution >= 0.6 is 0 Å². The largest absolute Gasteiger partial charge is 0.489 e. The summed E-state index contributed by atoms with van der Waals surface area (Å²) in [6.45, 7) is 7.59. The number of likely N-dealkylation sites (tertiary alicyclic amines) is 1. The molecule has 2 aromatic carbocycles. The summed E-state index contributed by atoms with van der Waals surface area (Å²) in [7, 11) is 0. The maximum Gasteiger partial charge on any atom is 0.120 e. The molecule has 0 saturated carbocycles. The SMILES string of the molecule is CC(C)c1cccc(OC2CCN(Cc3ccccc3)C2)c1. The quantitative estimate of drug-likeness (QED) is 0.807. The highest BCUT2D eigenvalue weighted by Crippen LogP contribution is 2.23. The zero-order valence-corrected chi connectivity index (χ0v) is 13.5. The van der Waals surface area contributed by atoms with Gasteiger partial charge in [-0.15, -0.1) is 0 Å². The highest BCUT2D eigenvalue weighted by molar-refractivity contribution is 5.30. The summed E-state index contributed by atoms with van der Waals surface area (Å²) in [5.41, 5.74) is 2.72. The van der Waals surface area contributed by atoms with Gasteiger partial charge in [0.1, 0.15) is 11.9 Å². The first kappa shape index (κ1) is 15.1. The summed E-state index contributed by atoms with van der Waals surface area (Å²) in [5, 5.41) is 0. The topological polar surface area (TPSA) is 12.5 Å². The Labute approximate surface area is 133 Å². The normalized spacial score (nSPS) is 18.8. The predicted octanol–water partition coefficient (Wildman–Crippen LogP) is 4.46. The molecule has 2 nitrogen and oxygen atoms in total. The van der Waals surface area contributed by atoms with Gasteiger partial charge in [0.15, 0.2) is 0 Å². The Morgan fingerprint density at radius 1 is 1.09 bits per heavy atom. The average Bonchev–Trinajstić information content (AvgIpc) is 2.95. The lowest BCUT2D eigenvalue weighted by atomic mass is 10.0. The summed E-state index contributed by atoms with van der Waals surface area (Å²) < 4.78 is 6.19. The Bertz CT molecular complexity index is 594. The van der Waals surface area contributed by atoms with Gasteiger partial charge in [-0.25, -0.2) is 0 Å². The number of hydrogen-bond acceptors (Lipinski definition) is 2. The van der Waals surface area contributed by atoms with Crippen molar-refractivity contribution in [3.63, 3.8) is 0 Å². The first-order chi connectivity index (χ1) is 10.7. The summed E-state index contributed by atoms with van der Waals surface area (Å²) in [4.78, 5) is 2.48. The second kappa shape index (κ2) is 6.97. The highest BCUT2D eigenvalue weighted by Gasteiger charge is 2.24. The lowest BCUT2D eigenvalue weighted by molar-refractivity contribution is 0.198. The number of ether oxygens (including phenoxy) is 1. The second-order valence-electron chi connectivity index (χ2n) is 6.48. The molecule has 116 valence electrons. The minimum Gasteiger partial charge on any atom is -0.489 e. The number of nitrogens with zero attached hydrogens (tertiary/aromatic N) is 1. The molecule has 0 aliphatic carbocycles. The van der Waals surface area contributed by atoms with E-state index in [4.69, 9.17) is 4.74 Å². The lowest BCUT2D eigenvalue weighted by Gasteiger charge is -2.17. The number of rotatable bonds is 5. The van der Waals surface area contributed by atoms with E-state index in [1.54, 1.807) is 0 Å². The van der Waals surface area contributed by atoms with Crippen molar-refractivity contribution in [3.8, 4) is 5.75 Å². The van der Waals surface area contributed by atoms with E-state index in [2.05, 4.69) is 73.3 Å². The molecule has 0 amide bonds. The van der Waals surface area contributed by atoms with Gasteiger partial charge in [0.2, 0.25) is 0 Å². The molecule has 0 N–H and O–H groups in total. The fourth-order valence-electron chi connectivity index (χ4n) is 3.02.